The Morgan fingerprint density at radius 2 is 1.82 bits per heavy atom. The molecular weight excluding hydrogens is 626 g/mol. The summed E-state index contributed by atoms with van der Waals surface area (Å²) in [6.07, 6.45) is 7.61. The summed E-state index contributed by atoms with van der Waals surface area (Å²) >= 11 is 0. The number of hydrogen-bond donors (Lipinski definition) is 3. The number of aldehydes is 1. The van der Waals surface area contributed by atoms with E-state index in [2.05, 4.69) is 56.4 Å². The van der Waals surface area contributed by atoms with Gasteiger partial charge in [0.15, 0.2) is 0 Å². The van der Waals surface area contributed by atoms with E-state index in [1.165, 1.54) is 23.4 Å². The van der Waals surface area contributed by atoms with Crippen LogP contribution in [0.5, 0.6) is 0 Å². The van der Waals surface area contributed by atoms with Crippen molar-refractivity contribution < 1.29 is 14.4 Å². The highest BCUT2D eigenvalue weighted by atomic mass is 16.2. The molecule has 2 amide bonds. The predicted molar refractivity (Wildman–Crippen MR) is 195 cm³/mol. The first-order valence-electron chi connectivity index (χ1n) is 18.5. The van der Waals surface area contributed by atoms with E-state index in [4.69, 9.17) is 5.10 Å². The molecular formula is C40H49N7O3. The number of fused-ring (bicyclic) bond motifs is 3. The van der Waals surface area contributed by atoms with Gasteiger partial charge in [0.1, 0.15) is 12.0 Å². The first-order valence-corrected chi connectivity index (χ1v) is 18.5. The molecule has 4 aliphatic rings. The highest BCUT2D eigenvalue weighted by Crippen LogP contribution is 2.59. The Balaban J connectivity index is 0.810. The number of nitrogens with zero attached hydrogens (tertiary/aromatic N) is 4. The molecule has 3 N–H and O–H groups in total. The Kier molecular flexibility index (Phi) is 8.75. The molecule has 4 heterocycles. The zero-order chi connectivity index (χ0) is 34.4. The third kappa shape index (κ3) is 6.45. The van der Waals surface area contributed by atoms with Crippen molar-refractivity contribution in [1.82, 2.24) is 30.3 Å². The minimum absolute atomic E-state index is 0.0411. The minimum atomic E-state index is -0.258. The molecule has 2 saturated heterocycles. The van der Waals surface area contributed by atoms with Gasteiger partial charge in [-0.2, -0.15) is 5.10 Å². The molecule has 1 saturated carbocycles. The number of H-pyrrole nitrogens is 2. The van der Waals surface area contributed by atoms with Gasteiger partial charge in [-0.05, 0) is 91.7 Å². The fraction of sp³-hybridized carbons (Fsp3) is 0.500. The van der Waals surface area contributed by atoms with Crippen molar-refractivity contribution in [3.63, 3.8) is 0 Å². The van der Waals surface area contributed by atoms with Crippen LogP contribution in [-0.2, 0) is 22.4 Å². The highest BCUT2D eigenvalue weighted by Gasteiger charge is 2.53. The quantitative estimate of drug-likeness (QED) is 0.200. The Labute approximate surface area is 294 Å². The van der Waals surface area contributed by atoms with Crippen molar-refractivity contribution in [1.29, 1.82) is 0 Å². The molecule has 10 nitrogen and oxygen atoms in total. The molecule has 0 radical (unpaired) electrons. The molecule has 0 spiro atoms. The lowest BCUT2D eigenvalue weighted by Crippen LogP contribution is -2.50. The van der Waals surface area contributed by atoms with Crippen LogP contribution in [0.1, 0.15) is 72.1 Å². The summed E-state index contributed by atoms with van der Waals surface area (Å²) in [7, 11) is 1.62. The molecule has 4 aromatic rings. The Hall–Kier alpha value is -4.44. The molecule has 50 heavy (non-hydrogen) atoms. The first-order chi connectivity index (χ1) is 24.3. The van der Waals surface area contributed by atoms with Crippen LogP contribution in [0.4, 0.5) is 5.69 Å². The molecule has 3 atom stereocenters. The highest BCUT2D eigenvalue weighted by molar-refractivity contribution is 5.99. The second kappa shape index (κ2) is 13.4. The van der Waals surface area contributed by atoms with Gasteiger partial charge in [-0.25, -0.2) is 0 Å². The zero-order valence-corrected chi connectivity index (χ0v) is 29.3. The van der Waals surface area contributed by atoms with Gasteiger partial charge in [0.2, 0.25) is 5.91 Å². The fourth-order valence-corrected chi connectivity index (χ4v) is 8.78. The van der Waals surface area contributed by atoms with Crippen LogP contribution in [0.25, 0.3) is 22.3 Å². The van der Waals surface area contributed by atoms with Gasteiger partial charge in [0.25, 0.3) is 5.91 Å². The number of rotatable bonds is 10. The number of piperidine rings is 1. The van der Waals surface area contributed by atoms with E-state index in [9.17, 15) is 14.4 Å². The second-order valence-corrected chi connectivity index (χ2v) is 15.5. The summed E-state index contributed by atoms with van der Waals surface area (Å²) in [4.78, 5) is 47.4. The van der Waals surface area contributed by atoms with Crippen molar-refractivity contribution in [3.05, 3.63) is 70.9 Å². The van der Waals surface area contributed by atoms with E-state index in [1.807, 2.05) is 29.2 Å². The van der Waals surface area contributed by atoms with Gasteiger partial charge in [-0.15, -0.1) is 0 Å². The molecule has 10 heteroatoms. The Morgan fingerprint density at radius 1 is 1.04 bits per heavy atom. The number of piperazine rings is 1. The van der Waals surface area contributed by atoms with E-state index in [0.717, 1.165) is 117 Å². The van der Waals surface area contributed by atoms with Gasteiger partial charge in [0, 0.05) is 98.6 Å². The number of benzene rings is 2. The smallest absolute Gasteiger partial charge is 0.254 e. The summed E-state index contributed by atoms with van der Waals surface area (Å²) in [5, 5.41) is 11.8. The number of aromatic nitrogens is 3. The Morgan fingerprint density at radius 3 is 2.56 bits per heavy atom. The van der Waals surface area contributed by atoms with Crippen LogP contribution >= 0.6 is 0 Å². The Bertz CT molecular complexity index is 1880. The maximum Gasteiger partial charge on any atom is 0.254 e. The molecule has 0 bridgehead atoms. The summed E-state index contributed by atoms with van der Waals surface area (Å²) in [6, 6.07) is 16.5. The first kappa shape index (κ1) is 32.7. The normalized spacial score (nSPS) is 23.0. The van der Waals surface area contributed by atoms with Crippen molar-refractivity contribution in [3.8, 4) is 11.4 Å². The minimum Gasteiger partial charge on any atom is -0.372 e. The average Bonchev–Trinajstić information content (AvgIpc) is 3.41. The van der Waals surface area contributed by atoms with Gasteiger partial charge < -0.3 is 24.9 Å². The summed E-state index contributed by atoms with van der Waals surface area (Å²) in [6.45, 7) is 8.82. The van der Waals surface area contributed by atoms with Gasteiger partial charge in [-0.3, -0.25) is 19.6 Å². The number of carbonyl (C=O) groups is 3. The largest absolute Gasteiger partial charge is 0.372 e. The van der Waals surface area contributed by atoms with E-state index < -0.39 is 0 Å². The average molecular weight is 676 g/mol. The molecule has 2 aromatic carbocycles. The number of aromatic amines is 2. The van der Waals surface area contributed by atoms with Crippen molar-refractivity contribution >= 4 is 34.7 Å². The van der Waals surface area contributed by atoms with Crippen LogP contribution in [0.3, 0.4) is 0 Å². The van der Waals surface area contributed by atoms with E-state index >= 15 is 0 Å². The van der Waals surface area contributed by atoms with E-state index in [1.54, 1.807) is 7.05 Å². The summed E-state index contributed by atoms with van der Waals surface area (Å²) in [5.74, 6) is 1.24. The molecule has 8 rings (SSSR count). The van der Waals surface area contributed by atoms with Gasteiger partial charge in [0.05, 0.1) is 5.69 Å². The van der Waals surface area contributed by atoms with Crippen molar-refractivity contribution in [2.45, 2.75) is 57.8 Å². The lowest BCUT2D eigenvalue weighted by molar-refractivity contribution is -0.120. The van der Waals surface area contributed by atoms with E-state index in [0.29, 0.717) is 24.2 Å². The topological polar surface area (TPSA) is 117 Å². The lowest BCUT2D eigenvalue weighted by atomic mass is 9.87. The maximum atomic E-state index is 13.6. The number of carbonyl (C=O) groups excluding carboxylic acids is 3. The van der Waals surface area contributed by atoms with Crippen LogP contribution in [0.15, 0.2) is 48.5 Å². The number of anilines is 1. The van der Waals surface area contributed by atoms with Crippen LogP contribution in [0, 0.1) is 17.3 Å². The zero-order valence-electron chi connectivity index (χ0n) is 29.3. The SMILES string of the molecule is CNC(=O)CCC(C=O)c1ccc(N2CCC(CN3CCN(C(=O)c4ccc5cc(-c6n[nH]c7c6CC6CC6(C)C7)[nH]c5c4)CC3)CC2)cc1. The van der Waals surface area contributed by atoms with Crippen LogP contribution in [0.2, 0.25) is 0 Å². The maximum absolute atomic E-state index is 13.6. The van der Waals surface area contributed by atoms with Gasteiger partial charge in [-0.1, -0.05) is 25.1 Å². The molecule has 2 aromatic heterocycles. The molecule has 2 aliphatic carbocycles. The number of nitrogens with one attached hydrogen (secondary N) is 3. The molecule has 262 valence electrons. The number of amides is 2. The fourth-order valence-electron chi connectivity index (χ4n) is 8.78. The van der Waals surface area contributed by atoms with Crippen LogP contribution < -0.4 is 10.2 Å². The third-order valence-electron chi connectivity index (χ3n) is 12.2. The van der Waals surface area contributed by atoms with E-state index in [-0.39, 0.29) is 17.7 Å². The second-order valence-electron chi connectivity index (χ2n) is 15.5. The summed E-state index contributed by atoms with van der Waals surface area (Å²) in [5.41, 5.74) is 9.07. The van der Waals surface area contributed by atoms with Crippen LogP contribution in [-0.4, -0.2) is 95.9 Å². The molecule has 2 aliphatic heterocycles. The predicted octanol–water partition coefficient (Wildman–Crippen LogP) is 5.17. The third-order valence-corrected chi connectivity index (χ3v) is 12.2. The standard InChI is InChI=1S/C40H49N7O3/c1-40-22-31(40)21-33-36(23-40)43-44-38(33)35-19-28-3-4-29(20-34(28)42-35)39(50)47-17-15-45(16-18-47)24-26-11-13-46(14-12-26)32-8-5-27(6-9-32)30(25-48)7-10-37(49)41-2/h3-6,8-9,19-20,25-26,30-31,42H,7,10-18,21-24H2,1-2H3,(H,41,49)(H,43,44). The van der Waals surface area contributed by atoms with Crippen molar-refractivity contribution in [2.24, 2.45) is 17.3 Å². The lowest BCUT2D eigenvalue weighted by Gasteiger charge is -2.39. The monoisotopic (exact) mass is 675 g/mol. The molecule has 3 fully saturated rings. The number of hydrogen-bond acceptors (Lipinski definition) is 6. The van der Waals surface area contributed by atoms with Gasteiger partial charge >= 0.3 is 0 Å². The molecule has 3 unspecified atom stereocenters. The summed E-state index contributed by atoms with van der Waals surface area (Å²) < 4.78 is 0. The van der Waals surface area contributed by atoms with Crippen molar-refractivity contribution in [2.75, 3.05) is 57.8 Å².